The molecule has 98 valence electrons. The van der Waals surface area contributed by atoms with Gasteiger partial charge in [-0.05, 0) is 53.2 Å². The van der Waals surface area contributed by atoms with Gasteiger partial charge in [0.25, 0.3) is 5.91 Å². The predicted octanol–water partition coefficient (Wildman–Crippen LogP) is 3.85. The van der Waals surface area contributed by atoms with Crippen LogP contribution in [0.5, 0.6) is 5.75 Å². The van der Waals surface area contributed by atoms with Crippen molar-refractivity contribution in [3.63, 3.8) is 0 Å². The molecule has 0 aliphatic rings. The Kier molecular flexibility index (Phi) is 3.85. The second kappa shape index (κ2) is 5.40. The van der Waals surface area contributed by atoms with Crippen molar-refractivity contribution in [3.05, 3.63) is 57.8 Å². The van der Waals surface area contributed by atoms with Crippen molar-refractivity contribution in [1.29, 1.82) is 0 Å². The molecule has 0 fully saturated rings. The Bertz CT molecular complexity index is 643. The lowest BCUT2D eigenvalue weighted by Crippen LogP contribution is -2.13. The Hall–Kier alpha value is -1.88. The summed E-state index contributed by atoms with van der Waals surface area (Å²) in [5, 5.41) is 12.2. The van der Waals surface area contributed by atoms with Crippen LogP contribution in [-0.4, -0.2) is 11.0 Å². The van der Waals surface area contributed by atoms with Crippen molar-refractivity contribution in [2.75, 3.05) is 5.32 Å². The van der Waals surface area contributed by atoms with Crippen LogP contribution >= 0.6 is 15.9 Å². The van der Waals surface area contributed by atoms with Crippen LogP contribution in [0.25, 0.3) is 0 Å². The van der Waals surface area contributed by atoms with Gasteiger partial charge in [0.2, 0.25) is 0 Å². The summed E-state index contributed by atoms with van der Waals surface area (Å²) >= 11 is 3.05. The number of halogens is 2. The molecule has 0 spiro atoms. The average Bonchev–Trinajstić information content (AvgIpc) is 2.37. The minimum absolute atomic E-state index is 0.0629. The highest BCUT2D eigenvalue weighted by molar-refractivity contribution is 9.10. The van der Waals surface area contributed by atoms with Gasteiger partial charge < -0.3 is 10.4 Å². The standard InChI is InChI=1S/C14H11BrFNO2/c1-8-10(3-2-4-13(8)18)14(19)17-9-5-6-12(16)11(15)7-9/h2-7,18H,1H3,(H,17,19). The quantitative estimate of drug-likeness (QED) is 0.881. The van der Waals surface area contributed by atoms with Crippen LogP contribution in [0.3, 0.4) is 0 Å². The summed E-state index contributed by atoms with van der Waals surface area (Å²) in [7, 11) is 0. The van der Waals surface area contributed by atoms with Gasteiger partial charge in [-0.25, -0.2) is 4.39 Å². The number of anilines is 1. The molecular weight excluding hydrogens is 313 g/mol. The second-order valence-electron chi connectivity index (χ2n) is 4.03. The summed E-state index contributed by atoms with van der Waals surface area (Å²) in [4.78, 5) is 12.1. The Morgan fingerprint density at radius 1 is 1.32 bits per heavy atom. The molecule has 0 aliphatic carbocycles. The smallest absolute Gasteiger partial charge is 0.256 e. The van der Waals surface area contributed by atoms with Crippen molar-refractivity contribution in [1.82, 2.24) is 0 Å². The number of amides is 1. The number of aromatic hydroxyl groups is 1. The van der Waals surface area contributed by atoms with Gasteiger partial charge in [-0.1, -0.05) is 6.07 Å². The number of carbonyl (C=O) groups excluding carboxylic acids is 1. The lowest BCUT2D eigenvalue weighted by atomic mass is 10.1. The topological polar surface area (TPSA) is 49.3 Å². The first kappa shape index (κ1) is 13.5. The van der Waals surface area contributed by atoms with Gasteiger partial charge in [0.05, 0.1) is 4.47 Å². The van der Waals surface area contributed by atoms with Crippen molar-refractivity contribution in [2.45, 2.75) is 6.92 Å². The third-order valence-corrected chi connectivity index (χ3v) is 3.33. The van der Waals surface area contributed by atoms with Crippen LogP contribution in [0, 0.1) is 12.7 Å². The van der Waals surface area contributed by atoms with Gasteiger partial charge in [-0.2, -0.15) is 0 Å². The lowest BCUT2D eigenvalue weighted by molar-refractivity contribution is 0.102. The van der Waals surface area contributed by atoms with Gasteiger partial charge >= 0.3 is 0 Å². The molecule has 5 heteroatoms. The summed E-state index contributed by atoms with van der Waals surface area (Å²) < 4.78 is 13.4. The highest BCUT2D eigenvalue weighted by Crippen LogP contribution is 2.23. The first-order valence-corrected chi connectivity index (χ1v) is 6.33. The molecule has 0 saturated carbocycles. The van der Waals surface area contributed by atoms with E-state index in [9.17, 15) is 14.3 Å². The molecule has 0 radical (unpaired) electrons. The van der Waals surface area contributed by atoms with E-state index in [1.165, 1.54) is 24.3 Å². The SMILES string of the molecule is Cc1c(O)cccc1C(=O)Nc1ccc(F)c(Br)c1. The zero-order valence-electron chi connectivity index (χ0n) is 10.1. The maximum Gasteiger partial charge on any atom is 0.256 e. The van der Waals surface area contributed by atoms with Gasteiger partial charge in [-0.3, -0.25) is 4.79 Å². The summed E-state index contributed by atoms with van der Waals surface area (Å²) in [5.74, 6) is -0.689. The largest absolute Gasteiger partial charge is 0.508 e. The number of hydrogen-bond acceptors (Lipinski definition) is 2. The van der Waals surface area contributed by atoms with E-state index in [-0.39, 0.29) is 16.1 Å². The van der Waals surface area contributed by atoms with Crippen LogP contribution in [0.4, 0.5) is 10.1 Å². The third-order valence-electron chi connectivity index (χ3n) is 2.73. The zero-order valence-corrected chi connectivity index (χ0v) is 11.7. The van der Waals surface area contributed by atoms with Crippen LogP contribution in [0.2, 0.25) is 0 Å². The van der Waals surface area contributed by atoms with Gasteiger partial charge in [0.15, 0.2) is 0 Å². The summed E-state index contributed by atoms with van der Waals surface area (Å²) in [5.41, 5.74) is 1.35. The number of nitrogens with one attached hydrogen (secondary N) is 1. The Balaban J connectivity index is 2.26. The maximum absolute atomic E-state index is 13.1. The molecule has 2 aromatic carbocycles. The number of hydrogen-bond donors (Lipinski definition) is 2. The minimum atomic E-state index is -0.397. The van der Waals surface area contributed by atoms with E-state index in [1.807, 2.05) is 0 Å². The predicted molar refractivity (Wildman–Crippen MR) is 74.9 cm³/mol. The molecule has 1 amide bonds. The molecule has 0 bridgehead atoms. The van der Waals surface area contributed by atoms with Crippen LogP contribution < -0.4 is 5.32 Å². The van der Waals surface area contributed by atoms with Crippen molar-refractivity contribution in [2.24, 2.45) is 0 Å². The fraction of sp³-hybridized carbons (Fsp3) is 0.0714. The molecule has 19 heavy (non-hydrogen) atoms. The number of benzene rings is 2. The van der Waals surface area contributed by atoms with Crippen molar-refractivity contribution >= 4 is 27.5 Å². The van der Waals surface area contributed by atoms with E-state index in [0.717, 1.165) is 0 Å². The Labute approximate surface area is 118 Å². The fourth-order valence-electron chi connectivity index (χ4n) is 1.64. The molecule has 0 aromatic heterocycles. The molecule has 0 aliphatic heterocycles. The van der Waals surface area contributed by atoms with Crippen molar-refractivity contribution < 1.29 is 14.3 Å². The first-order valence-electron chi connectivity index (χ1n) is 5.54. The van der Waals surface area contributed by atoms with Crippen LogP contribution in [0.1, 0.15) is 15.9 Å². The molecule has 3 nitrogen and oxygen atoms in total. The molecule has 2 aromatic rings. The third kappa shape index (κ3) is 2.93. The monoisotopic (exact) mass is 323 g/mol. The molecule has 2 rings (SSSR count). The Morgan fingerprint density at radius 2 is 2.05 bits per heavy atom. The van der Waals surface area contributed by atoms with Gasteiger partial charge in [0.1, 0.15) is 11.6 Å². The molecule has 0 heterocycles. The zero-order chi connectivity index (χ0) is 14.0. The summed E-state index contributed by atoms with van der Waals surface area (Å²) in [6.45, 7) is 1.66. The Morgan fingerprint density at radius 3 is 2.74 bits per heavy atom. The highest BCUT2D eigenvalue weighted by Gasteiger charge is 2.12. The average molecular weight is 324 g/mol. The van der Waals surface area contributed by atoms with Crippen LogP contribution in [0.15, 0.2) is 40.9 Å². The van der Waals surface area contributed by atoms with E-state index >= 15 is 0 Å². The number of phenolic OH excluding ortho intramolecular Hbond substituents is 1. The molecular formula is C14H11BrFNO2. The van der Waals surface area contributed by atoms with Gasteiger partial charge in [0, 0.05) is 16.8 Å². The molecule has 0 atom stereocenters. The molecule has 0 saturated heterocycles. The number of rotatable bonds is 2. The van der Waals surface area contributed by atoms with Crippen molar-refractivity contribution in [3.8, 4) is 5.75 Å². The van der Waals surface area contributed by atoms with E-state index in [1.54, 1.807) is 19.1 Å². The maximum atomic E-state index is 13.1. The van der Waals surface area contributed by atoms with E-state index < -0.39 is 5.82 Å². The van der Waals surface area contributed by atoms with E-state index in [2.05, 4.69) is 21.2 Å². The molecule has 2 N–H and O–H groups in total. The first-order chi connectivity index (χ1) is 8.99. The normalized spacial score (nSPS) is 10.3. The second-order valence-corrected chi connectivity index (χ2v) is 4.89. The molecule has 0 unspecified atom stereocenters. The lowest BCUT2D eigenvalue weighted by Gasteiger charge is -2.09. The van der Waals surface area contributed by atoms with E-state index in [0.29, 0.717) is 16.8 Å². The summed E-state index contributed by atoms with van der Waals surface area (Å²) in [6, 6.07) is 8.93. The van der Waals surface area contributed by atoms with Crippen LogP contribution in [-0.2, 0) is 0 Å². The number of phenols is 1. The minimum Gasteiger partial charge on any atom is -0.508 e. The van der Waals surface area contributed by atoms with Gasteiger partial charge in [-0.15, -0.1) is 0 Å². The summed E-state index contributed by atoms with van der Waals surface area (Å²) in [6.07, 6.45) is 0. The highest BCUT2D eigenvalue weighted by atomic mass is 79.9. The fourth-order valence-corrected chi connectivity index (χ4v) is 2.02. The van der Waals surface area contributed by atoms with E-state index in [4.69, 9.17) is 0 Å². The number of carbonyl (C=O) groups is 1.